The van der Waals surface area contributed by atoms with Crippen molar-refractivity contribution in [2.24, 2.45) is 7.05 Å². The molecule has 27 heavy (non-hydrogen) atoms. The Morgan fingerprint density at radius 1 is 1.44 bits per heavy atom. The van der Waals surface area contributed by atoms with Gasteiger partial charge >= 0.3 is 5.97 Å². The van der Waals surface area contributed by atoms with Crippen LogP contribution in [0.25, 0.3) is 11.3 Å². The fourth-order valence-corrected chi connectivity index (χ4v) is 3.41. The van der Waals surface area contributed by atoms with Gasteiger partial charge in [0.1, 0.15) is 16.8 Å². The van der Waals surface area contributed by atoms with Crippen LogP contribution in [0.3, 0.4) is 0 Å². The number of rotatable bonds is 4. The highest BCUT2D eigenvalue weighted by molar-refractivity contribution is 7.10. The first-order valence-electron chi connectivity index (χ1n) is 8.15. The zero-order chi connectivity index (χ0) is 20.5. The topological polar surface area (TPSA) is 80.8 Å². The molecule has 2 aromatic rings. The van der Waals surface area contributed by atoms with Gasteiger partial charge in [-0.05, 0) is 13.8 Å². The third-order valence-electron chi connectivity index (χ3n) is 3.66. The third-order valence-corrected chi connectivity index (χ3v) is 5.36. The molecule has 8 heteroatoms. The van der Waals surface area contributed by atoms with E-state index in [1.54, 1.807) is 19.4 Å². The summed E-state index contributed by atoms with van der Waals surface area (Å²) in [7, 11) is 1.67. The van der Waals surface area contributed by atoms with Crippen LogP contribution in [-0.4, -0.2) is 20.7 Å². The molecule has 0 amide bonds. The smallest absolute Gasteiger partial charge is 0.338 e. The van der Waals surface area contributed by atoms with Gasteiger partial charge < -0.3 is 4.74 Å². The van der Waals surface area contributed by atoms with Gasteiger partial charge in [0, 0.05) is 23.4 Å². The van der Waals surface area contributed by atoms with Gasteiger partial charge in [0.15, 0.2) is 5.76 Å². The molecule has 2 heterocycles. The lowest BCUT2D eigenvalue weighted by Gasteiger charge is -2.14. The quantitative estimate of drug-likeness (QED) is 0.320. The van der Waals surface area contributed by atoms with Crippen molar-refractivity contribution in [3.8, 4) is 6.07 Å². The minimum absolute atomic E-state index is 0.0341. The molecule has 0 radical (unpaired) electrons. The molecule has 2 aromatic heterocycles. The second-order valence-electron chi connectivity index (χ2n) is 7.15. The molecule has 0 saturated heterocycles. The summed E-state index contributed by atoms with van der Waals surface area (Å²) in [5.74, 6) is -0.616. The van der Waals surface area contributed by atoms with Gasteiger partial charge in [-0.25, -0.2) is 9.78 Å². The highest BCUT2D eigenvalue weighted by atomic mass is 35.5. The SMILES string of the molecule is C=C(C)C(=O)OC(=C(C#N)c1csc(C(C)(C)C)n1)c1c(C)nn(C)c1Cl. The van der Waals surface area contributed by atoms with Crippen molar-refractivity contribution < 1.29 is 9.53 Å². The molecule has 0 unspecified atom stereocenters. The van der Waals surface area contributed by atoms with Crippen LogP contribution in [0, 0.1) is 18.3 Å². The maximum absolute atomic E-state index is 12.2. The van der Waals surface area contributed by atoms with Crippen molar-refractivity contribution in [1.82, 2.24) is 14.8 Å². The normalized spacial score (nSPS) is 12.4. The van der Waals surface area contributed by atoms with E-state index in [1.165, 1.54) is 22.9 Å². The van der Waals surface area contributed by atoms with Gasteiger partial charge in [-0.2, -0.15) is 10.4 Å². The second kappa shape index (κ2) is 7.67. The number of carbonyl (C=O) groups excluding carboxylic acids is 1. The predicted molar refractivity (Wildman–Crippen MR) is 107 cm³/mol. The van der Waals surface area contributed by atoms with E-state index in [1.807, 2.05) is 20.8 Å². The van der Waals surface area contributed by atoms with E-state index >= 15 is 0 Å². The maximum Gasteiger partial charge on any atom is 0.338 e. The number of nitrogens with zero attached hydrogens (tertiary/aromatic N) is 4. The summed E-state index contributed by atoms with van der Waals surface area (Å²) in [4.78, 5) is 16.8. The number of hydrogen-bond acceptors (Lipinski definition) is 6. The van der Waals surface area contributed by atoms with E-state index in [2.05, 4.69) is 22.7 Å². The number of aromatic nitrogens is 3. The lowest BCUT2D eigenvalue weighted by molar-refractivity contribution is -0.132. The van der Waals surface area contributed by atoms with Crippen LogP contribution in [0.5, 0.6) is 0 Å². The largest absolute Gasteiger partial charge is 0.421 e. The van der Waals surface area contributed by atoms with Gasteiger partial charge in [-0.1, -0.05) is 39.0 Å². The average molecular weight is 405 g/mol. The van der Waals surface area contributed by atoms with E-state index in [-0.39, 0.29) is 27.5 Å². The summed E-state index contributed by atoms with van der Waals surface area (Å²) in [6.45, 7) is 13.0. The van der Waals surface area contributed by atoms with Gasteiger partial charge in [0.25, 0.3) is 0 Å². The van der Waals surface area contributed by atoms with Crippen LogP contribution in [0.2, 0.25) is 5.15 Å². The van der Waals surface area contributed by atoms with E-state index in [0.717, 1.165) is 5.01 Å². The van der Waals surface area contributed by atoms with Crippen LogP contribution in [0.15, 0.2) is 17.5 Å². The molecule has 0 aliphatic carbocycles. The van der Waals surface area contributed by atoms with Gasteiger partial charge in [-0.3, -0.25) is 4.68 Å². The van der Waals surface area contributed by atoms with Crippen LogP contribution in [0.4, 0.5) is 0 Å². The molecule has 142 valence electrons. The summed E-state index contributed by atoms with van der Waals surface area (Å²) in [6, 6.07) is 2.11. The van der Waals surface area contributed by atoms with Crippen molar-refractivity contribution in [3.63, 3.8) is 0 Å². The van der Waals surface area contributed by atoms with Crippen molar-refractivity contribution >= 4 is 40.2 Å². The van der Waals surface area contributed by atoms with Crippen molar-refractivity contribution in [2.45, 2.75) is 40.0 Å². The van der Waals surface area contributed by atoms with Crippen LogP contribution in [0.1, 0.15) is 49.7 Å². The number of carbonyl (C=O) groups is 1. The number of aryl methyl sites for hydroxylation is 2. The summed E-state index contributed by atoms with van der Waals surface area (Å²) in [6.07, 6.45) is 0. The van der Waals surface area contributed by atoms with Gasteiger partial charge in [0.05, 0.1) is 22.0 Å². The summed E-state index contributed by atoms with van der Waals surface area (Å²) in [5, 5.41) is 17.0. The number of thiazole rings is 1. The first kappa shape index (κ1) is 20.9. The Morgan fingerprint density at radius 2 is 2.07 bits per heavy atom. The number of hydrogen-bond donors (Lipinski definition) is 0. The first-order valence-corrected chi connectivity index (χ1v) is 9.41. The monoisotopic (exact) mass is 404 g/mol. The molecule has 6 nitrogen and oxygen atoms in total. The number of halogens is 1. The van der Waals surface area contributed by atoms with Crippen molar-refractivity contribution in [1.29, 1.82) is 5.26 Å². The Balaban J connectivity index is 2.75. The molecule has 0 aliphatic heterocycles. The summed E-state index contributed by atoms with van der Waals surface area (Å²) < 4.78 is 6.98. The standard InChI is InChI=1S/C19H21ClN4O2S/c1-10(2)17(25)26-15(14-11(3)23-24(7)16(14)20)12(8-21)13-9-27-18(22-13)19(4,5)6/h9H,1H2,2-7H3. The Kier molecular flexibility index (Phi) is 5.93. The molecule has 0 saturated carbocycles. The minimum Gasteiger partial charge on any atom is -0.421 e. The van der Waals surface area contributed by atoms with Crippen LogP contribution >= 0.6 is 22.9 Å². The first-order chi connectivity index (χ1) is 12.5. The van der Waals surface area contributed by atoms with Crippen molar-refractivity contribution in [3.05, 3.63) is 44.6 Å². The van der Waals surface area contributed by atoms with Crippen molar-refractivity contribution in [2.75, 3.05) is 0 Å². The number of nitriles is 1. The lowest BCUT2D eigenvalue weighted by atomic mass is 9.98. The van der Waals surface area contributed by atoms with Gasteiger partial charge in [-0.15, -0.1) is 11.3 Å². The molecular weight excluding hydrogens is 384 g/mol. The third kappa shape index (κ3) is 4.29. The van der Waals surface area contributed by atoms with Crippen LogP contribution < -0.4 is 0 Å². The molecule has 0 N–H and O–H groups in total. The molecule has 0 aliphatic rings. The Morgan fingerprint density at radius 3 is 2.48 bits per heavy atom. The molecule has 0 spiro atoms. The molecule has 0 bridgehead atoms. The van der Waals surface area contributed by atoms with E-state index < -0.39 is 5.97 Å². The zero-order valence-electron chi connectivity index (χ0n) is 16.2. The van der Waals surface area contributed by atoms with Gasteiger partial charge in [0.2, 0.25) is 0 Å². The number of allylic oxidation sites excluding steroid dienone is 1. The Bertz CT molecular complexity index is 986. The molecule has 0 fully saturated rings. The van der Waals surface area contributed by atoms with Crippen LogP contribution in [-0.2, 0) is 22.0 Å². The highest BCUT2D eigenvalue weighted by Gasteiger charge is 2.27. The number of esters is 1. The molecule has 0 aromatic carbocycles. The summed E-state index contributed by atoms with van der Waals surface area (Å²) in [5.41, 5.74) is 1.50. The van der Waals surface area contributed by atoms with E-state index in [0.29, 0.717) is 17.0 Å². The fraction of sp³-hybridized carbons (Fsp3) is 0.368. The Hall–Kier alpha value is -2.43. The summed E-state index contributed by atoms with van der Waals surface area (Å²) >= 11 is 7.81. The number of ether oxygens (including phenoxy) is 1. The average Bonchev–Trinajstić information content (AvgIpc) is 3.13. The minimum atomic E-state index is -0.650. The lowest BCUT2D eigenvalue weighted by Crippen LogP contribution is -2.11. The highest BCUT2D eigenvalue weighted by Crippen LogP contribution is 2.36. The molecule has 2 rings (SSSR count). The predicted octanol–water partition coefficient (Wildman–Crippen LogP) is 4.65. The molecular formula is C19H21ClN4O2S. The maximum atomic E-state index is 12.2. The fourth-order valence-electron chi connectivity index (χ4n) is 2.25. The Labute approximate surface area is 167 Å². The molecule has 0 atom stereocenters. The zero-order valence-corrected chi connectivity index (χ0v) is 17.7. The second-order valence-corrected chi connectivity index (χ2v) is 8.36. The van der Waals surface area contributed by atoms with E-state index in [9.17, 15) is 10.1 Å². The van der Waals surface area contributed by atoms with E-state index in [4.69, 9.17) is 16.3 Å².